The Morgan fingerprint density at radius 1 is 1.29 bits per heavy atom. The Morgan fingerprint density at radius 3 is 2.54 bits per heavy atom. The van der Waals surface area contributed by atoms with Crippen LogP contribution in [0.5, 0.6) is 0 Å². The maximum Gasteiger partial charge on any atom is 0.432 e. The van der Waals surface area contributed by atoms with E-state index in [9.17, 15) is 22.4 Å². The van der Waals surface area contributed by atoms with Gasteiger partial charge in [0.05, 0.1) is 18.4 Å². The van der Waals surface area contributed by atoms with Gasteiger partial charge in [0.25, 0.3) is 5.91 Å². The van der Waals surface area contributed by atoms with Crippen LogP contribution in [0.3, 0.4) is 0 Å². The number of halogens is 4. The highest BCUT2D eigenvalue weighted by Gasteiger charge is 2.33. The highest BCUT2D eigenvalue weighted by molar-refractivity contribution is 6.04. The molecule has 0 aromatic heterocycles. The van der Waals surface area contributed by atoms with Crippen LogP contribution in [0.2, 0.25) is 0 Å². The molecular formula is C19H23F4N3O2. The van der Waals surface area contributed by atoms with Crippen LogP contribution in [0.25, 0.3) is 0 Å². The molecule has 1 saturated carbocycles. The van der Waals surface area contributed by atoms with Crippen LogP contribution in [0.4, 0.5) is 17.6 Å². The fourth-order valence-corrected chi connectivity index (χ4v) is 2.95. The van der Waals surface area contributed by atoms with Crippen LogP contribution in [0, 0.1) is 11.2 Å². The summed E-state index contributed by atoms with van der Waals surface area (Å²) in [5.74, 6) is -1.45. The predicted octanol–water partition coefficient (Wildman–Crippen LogP) is 3.54. The third-order valence-corrected chi connectivity index (χ3v) is 4.48. The SMILES string of the molecule is N=C(/C=C(\N)C(=O)N(CCOC1CCCC1)Cc1ccccc1F)C(F)(F)F. The zero-order valence-electron chi connectivity index (χ0n) is 15.3. The fourth-order valence-electron chi connectivity index (χ4n) is 2.95. The summed E-state index contributed by atoms with van der Waals surface area (Å²) in [6.45, 7) is 0.0276. The number of benzene rings is 1. The molecule has 1 aromatic carbocycles. The molecule has 154 valence electrons. The van der Waals surface area contributed by atoms with Gasteiger partial charge >= 0.3 is 6.18 Å². The normalized spacial score (nSPS) is 15.6. The van der Waals surface area contributed by atoms with Crippen molar-refractivity contribution in [3.05, 3.63) is 47.4 Å². The third-order valence-electron chi connectivity index (χ3n) is 4.48. The molecule has 5 nitrogen and oxygen atoms in total. The Hall–Kier alpha value is -2.42. The number of nitrogens with two attached hydrogens (primary N) is 1. The van der Waals surface area contributed by atoms with Gasteiger partial charge in [0.15, 0.2) is 0 Å². The number of alkyl halides is 3. The van der Waals surface area contributed by atoms with Crippen molar-refractivity contribution in [3.8, 4) is 0 Å². The number of hydrogen-bond donors (Lipinski definition) is 2. The third kappa shape index (κ3) is 6.33. The van der Waals surface area contributed by atoms with Gasteiger partial charge in [-0.2, -0.15) is 13.2 Å². The van der Waals surface area contributed by atoms with E-state index in [4.69, 9.17) is 15.9 Å². The Balaban J connectivity index is 2.11. The molecule has 0 aliphatic heterocycles. The minimum absolute atomic E-state index is 0.0392. The molecule has 0 spiro atoms. The van der Waals surface area contributed by atoms with Crippen molar-refractivity contribution in [2.24, 2.45) is 5.73 Å². The number of rotatable bonds is 8. The molecule has 1 fully saturated rings. The van der Waals surface area contributed by atoms with Crippen LogP contribution in [0.15, 0.2) is 36.0 Å². The summed E-state index contributed by atoms with van der Waals surface area (Å²) in [5, 5.41) is 6.97. The van der Waals surface area contributed by atoms with Gasteiger partial charge in [-0.25, -0.2) is 4.39 Å². The van der Waals surface area contributed by atoms with E-state index in [1.54, 1.807) is 6.07 Å². The largest absolute Gasteiger partial charge is 0.432 e. The minimum Gasteiger partial charge on any atom is -0.394 e. The first-order valence-corrected chi connectivity index (χ1v) is 8.95. The summed E-state index contributed by atoms with van der Waals surface area (Å²) >= 11 is 0. The molecule has 0 atom stereocenters. The lowest BCUT2D eigenvalue weighted by Crippen LogP contribution is -2.38. The van der Waals surface area contributed by atoms with Crippen molar-refractivity contribution in [3.63, 3.8) is 0 Å². The Morgan fingerprint density at radius 2 is 1.93 bits per heavy atom. The number of allylic oxidation sites excluding steroid dienone is 1. The zero-order valence-corrected chi connectivity index (χ0v) is 15.3. The van der Waals surface area contributed by atoms with Crippen LogP contribution >= 0.6 is 0 Å². The van der Waals surface area contributed by atoms with Crippen LogP contribution in [0.1, 0.15) is 31.2 Å². The molecule has 0 heterocycles. The maximum absolute atomic E-state index is 14.0. The van der Waals surface area contributed by atoms with Gasteiger partial charge in [0, 0.05) is 18.7 Å². The predicted molar refractivity (Wildman–Crippen MR) is 96.1 cm³/mol. The van der Waals surface area contributed by atoms with E-state index >= 15 is 0 Å². The lowest BCUT2D eigenvalue weighted by Gasteiger charge is -2.24. The molecule has 1 aromatic rings. The molecule has 0 unspecified atom stereocenters. The Bertz CT molecular complexity index is 728. The molecule has 0 saturated heterocycles. The average Bonchev–Trinajstić information content (AvgIpc) is 3.14. The summed E-state index contributed by atoms with van der Waals surface area (Å²) in [6, 6.07) is 5.79. The van der Waals surface area contributed by atoms with Crippen molar-refractivity contribution in [1.29, 1.82) is 5.41 Å². The molecule has 1 aliphatic rings. The van der Waals surface area contributed by atoms with E-state index in [1.807, 2.05) is 0 Å². The number of carbonyl (C=O) groups excluding carboxylic acids is 1. The molecule has 0 bridgehead atoms. The number of nitrogens with zero attached hydrogens (tertiary/aromatic N) is 1. The lowest BCUT2D eigenvalue weighted by atomic mass is 10.2. The van der Waals surface area contributed by atoms with E-state index < -0.39 is 29.3 Å². The molecule has 0 radical (unpaired) electrons. The van der Waals surface area contributed by atoms with Gasteiger partial charge in [-0.15, -0.1) is 0 Å². The second-order valence-corrected chi connectivity index (χ2v) is 6.61. The van der Waals surface area contributed by atoms with E-state index in [0.717, 1.165) is 30.6 Å². The molecule has 1 aliphatic carbocycles. The van der Waals surface area contributed by atoms with E-state index in [0.29, 0.717) is 0 Å². The van der Waals surface area contributed by atoms with Gasteiger partial charge in [0.2, 0.25) is 0 Å². The zero-order chi connectivity index (χ0) is 20.7. The number of ether oxygens (including phenoxy) is 1. The van der Waals surface area contributed by atoms with Gasteiger partial charge in [0.1, 0.15) is 11.5 Å². The quantitative estimate of drug-likeness (QED) is 0.397. The smallest absolute Gasteiger partial charge is 0.394 e. The van der Waals surface area contributed by atoms with Crippen LogP contribution in [-0.2, 0) is 16.1 Å². The van der Waals surface area contributed by atoms with Crippen molar-refractivity contribution in [2.75, 3.05) is 13.2 Å². The van der Waals surface area contributed by atoms with Crippen molar-refractivity contribution in [1.82, 2.24) is 4.90 Å². The number of carbonyl (C=O) groups is 1. The van der Waals surface area contributed by atoms with Crippen LogP contribution in [-0.4, -0.2) is 42.0 Å². The van der Waals surface area contributed by atoms with E-state index in [2.05, 4.69) is 0 Å². The lowest BCUT2D eigenvalue weighted by molar-refractivity contribution is -0.129. The Labute approximate surface area is 160 Å². The highest BCUT2D eigenvalue weighted by Crippen LogP contribution is 2.21. The molecular weight excluding hydrogens is 378 g/mol. The van der Waals surface area contributed by atoms with Crippen molar-refractivity contribution < 1.29 is 27.1 Å². The number of nitrogens with one attached hydrogen (secondary N) is 1. The first-order chi connectivity index (χ1) is 13.2. The number of hydrogen-bond acceptors (Lipinski definition) is 4. The molecule has 28 heavy (non-hydrogen) atoms. The Kier molecular flexibility index (Phi) is 7.56. The standard InChI is InChI=1S/C19H23F4N3O2/c20-15-8-4-1-5-13(15)12-26(9-10-28-14-6-2-3-7-14)18(27)16(24)11-17(25)19(21,22)23/h1,4-5,8,11,14,25H,2-3,6-7,9-10,12,24H2/b16-11-,25-17?. The van der Waals surface area contributed by atoms with E-state index in [-0.39, 0.29) is 37.4 Å². The first kappa shape index (κ1) is 21.9. The second-order valence-electron chi connectivity index (χ2n) is 6.61. The minimum atomic E-state index is -4.91. The molecule has 3 N–H and O–H groups in total. The summed E-state index contributed by atoms with van der Waals surface area (Å²) in [4.78, 5) is 13.7. The second kappa shape index (κ2) is 9.68. The fraction of sp³-hybridized carbons (Fsp3) is 0.474. The summed E-state index contributed by atoms with van der Waals surface area (Å²) in [6.07, 6.45) is -0.564. The molecule has 2 rings (SSSR count). The van der Waals surface area contributed by atoms with Crippen molar-refractivity contribution in [2.45, 2.75) is 44.5 Å². The topological polar surface area (TPSA) is 79.4 Å². The van der Waals surface area contributed by atoms with E-state index in [1.165, 1.54) is 18.2 Å². The average molecular weight is 401 g/mol. The monoisotopic (exact) mass is 401 g/mol. The van der Waals surface area contributed by atoms with Gasteiger partial charge < -0.3 is 15.4 Å². The van der Waals surface area contributed by atoms with Gasteiger partial charge in [-0.05, 0) is 25.0 Å². The van der Waals surface area contributed by atoms with Gasteiger partial charge in [-0.1, -0.05) is 31.0 Å². The summed E-state index contributed by atoms with van der Waals surface area (Å²) in [7, 11) is 0. The summed E-state index contributed by atoms with van der Waals surface area (Å²) < 4.78 is 57.2. The van der Waals surface area contributed by atoms with Gasteiger partial charge in [-0.3, -0.25) is 10.2 Å². The first-order valence-electron chi connectivity index (χ1n) is 8.95. The molecule has 1 amide bonds. The van der Waals surface area contributed by atoms with Crippen LogP contribution < -0.4 is 5.73 Å². The maximum atomic E-state index is 14.0. The highest BCUT2D eigenvalue weighted by atomic mass is 19.4. The number of amides is 1. The summed E-state index contributed by atoms with van der Waals surface area (Å²) in [5.41, 5.74) is 3.23. The van der Waals surface area contributed by atoms with Crippen molar-refractivity contribution >= 4 is 11.6 Å². The molecule has 9 heteroatoms.